The van der Waals surface area contributed by atoms with Crippen LogP contribution in [0.2, 0.25) is 0 Å². The lowest BCUT2D eigenvalue weighted by Gasteiger charge is -2.18. The zero-order valence-corrected chi connectivity index (χ0v) is 20.8. The summed E-state index contributed by atoms with van der Waals surface area (Å²) in [6.45, 7) is 7.02. The van der Waals surface area contributed by atoms with Crippen molar-refractivity contribution in [3.8, 4) is 10.4 Å². The maximum Gasteiger partial charge on any atom is 0.147 e. The summed E-state index contributed by atoms with van der Waals surface area (Å²) in [7, 11) is 0. The first-order chi connectivity index (χ1) is 17.1. The minimum absolute atomic E-state index is 0.203. The van der Waals surface area contributed by atoms with E-state index in [2.05, 4.69) is 55.5 Å². The molecule has 4 heterocycles. The smallest absolute Gasteiger partial charge is 0.147 e. The van der Waals surface area contributed by atoms with Crippen molar-refractivity contribution in [1.82, 2.24) is 15.0 Å². The quantitative estimate of drug-likeness (QED) is 0.276. The molecule has 5 aromatic rings. The number of hydrogen-bond acceptors (Lipinski definition) is 5. The van der Waals surface area contributed by atoms with Crippen LogP contribution in [0.4, 0.5) is 15.9 Å². The van der Waals surface area contributed by atoms with Crippen molar-refractivity contribution in [1.29, 1.82) is 0 Å². The van der Waals surface area contributed by atoms with Crippen LogP contribution in [0.3, 0.4) is 0 Å². The number of thiophene rings is 1. The summed E-state index contributed by atoms with van der Waals surface area (Å²) in [5.74, 6) is 0.646. The molecule has 1 fully saturated rings. The van der Waals surface area contributed by atoms with Crippen molar-refractivity contribution in [3.05, 3.63) is 71.4 Å². The third-order valence-electron chi connectivity index (χ3n) is 7.01. The lowest BCUT2D eigenvalue weighted by atomic mass is 10.0. The Balaban J connectivity index is 1.25. The fraction of sp³-hybridized carbons (Fsp3) is 0.286. The number of H-pyrrole nitrogens is 1. The van der Waals surface area contributed by atoms with E-state index in [9.17, 15) is 4.39 Å². The molecule has 2 aromatic carbocycles. The Morgan fingerprint density at radius 3 is 2.80 bits per heavy atom. The molecule has 2 N–H and O–H groups in total. The van der Waals surface area contributed by atoms with E-state index in [1.165, 1.54) is 35.0 Å². The van der Waals surface area contributed by atoms with Gasteiger partial charge in [0.25, 0.3) is 0 Å². The summed E-state index contributed by atoms with van der Waals surface area (Å²) >= 11 is 1.72. The maximum absolute atomic E-state index is 14.3. The molecule has 6 rings (SSSR count). The Morgan fingerprint density at radius 1 is 1.09 bits per heavy atom. The van der Waals surface area contributed by atoms with Gasteiger partial charge in [-0.15, -0.1) is 11.3 Å². The number of aryl methyl sites for hydroxylation is 2. The van der Waals surface area contributed by atoms with Gasteiger partial charge in [0.2, 0.25) is 0 Å². The predicted octanol–water partition coefficient (Wildman–Crippen LogP) is 6.85. The Hall–Kier alpha value is -3.45. The van der Waals surface area contributed by atoms with Gasteiger partial charge in [-0.3, -0.25) is 0 Å². The summed E-state index contributed by atoms with van der Waals surface area (Å²) in [6.07, 6.45) is 4.94. The SMILES string of the molecule is Cc1[nH]c2c(F)ccc(C)c2c1CCNc1ncnc2cc(-c3cccc(N4CCCC4)c3)sc12. The molecule has 5 nitrogen and oxygen atoms in total. The molecule has 1 aliphatic rings. The molecule has 0 saturated carbocycles. The lowest BCUT2D eigenvalue weighted by Crippen LogP contribution is -2.17. The van der Waals surface area contributed by atoms with Crippen LogP contribution in [-0.4, -0.2) is 34.6 Å². The van der Waals surface area contributed by atoms with Gasteiger partial charge in [0.15, 0.2) is 0 Å². The number of nitrogens with zero attached hydrogens (tertiary/aromatic N) is 3. The highest BCUT2D eigenvalue weighted by Crippen LogP contribution is 2.37. The molecule has 0 amide bonds. The van der Waals surface area contributed by atoms with Crippen LogP contribution in [0.5, 0.6) is 0 Å². The van der Waals surface area contributed by atoms with Gasteiger partial charge in [-0.05, 0) is 74.1 Å². The first kappa shape index (κ1) is 22.0. The van der Waals surface area contributed by atoms with Gasteiger partial charge in [0.1, 0.15) is 18.0 Å². The highest BCUT2D eigenvalue weighted by atomic mass is 32.1. The van der Waals surface area contributed by atoms with E-state index in [0.29, 0.717) is 12.1 Å². The highest BCUT2D eigenvalue weighted by Gasteiger charge is 2.16. The average Bonchev–Trinajstić information content (AvgIpc) is 3.61. The lowest BCUT2D eigenvalue weighted by molar-refractivity contribution is 0.637. The second-order valence-electron chi connectivity index (χ2n) is 9.31. The van der Waals surface area contributed by atoms with Crippen molar-refractivity contribution in [2.24, 2.45) is 0 Å². The number of nitrogens with one attached hydrogen (secondary N) is 2. The molecular weight excluding hydrogens is 457 g/mol. The molecule has 1 aliphatic heterocycles. The Labute approximate surface area is 208 Å². The van der Waals surface area contributed by atoms with E-state index in [0.717, 1.165) is 57.8 Å². The monoisotopic (exact) mass is 485 g/mol. The molecule has 7 heteroatoms. The van der Waals surface area contributed by atoms with E-state index < -0.39 is 0 Å². The van der Waals surface area contributed by atoms with Gasteiger partial charge in [0.05, 0.1) is 15.7 Å². The first-order valence-corrected chi connectivity index (χ1v) is 13.0. The molecule has 0 radical (unpaired) electrons. The number of aromatic nitrogens is 3. The number of benzene rings is 2. The second-order valence-corrected chi connectivity index (χ2v) is 10.4. The minimum Gasteiger partial charge on any atom is -0.372 e. The highest BCUT2D eigenvalue weighted by molar-refractivity contribution is 7.22. The van der Waals surface area contributed by atoms with Crippen LogP contribution in [0.25, 0.3) is 31.6 Å². The number of fused-ring (bicyclic) bond motifs is 2. The summed E-state index contributed by atoms with van der Waals surface area (Å²) in [5, 5.41) is 4.51. The number of rotatable bonds is 6. The van der Waals surface area contributed by atoms with Gasteiger partial charge in [-0.1, -0.05) is 18.2 Å². The van der Waals surface area contributed by atoms with E-state index in [1.807, 2.05) is 19.9 Å². The van der Waals surface area contributed by atoms with Crippen LogP contribution in [0.15, 0.2) is 48.8 Å². The first-order valence-electron chi connectivity index (χ1n) is 12.2. The Morgan fingerprint density at radius 2 is 1.94 bits per heavy atom. The van der Waals surface area contributed by atoms with Gasteiger partial charge < -0.3 is 15.2 Å². The molecule has 35 heavy (non-hydrogen) atoms. The maximum atomic E-state index is 14.3. The van der Waals surface area contributed by atoms with Crippen molar-refractivity contribution < 1.29 is 4.39 Å². The Bertz CT molecular complexity index is 1530. The summed E-state index contributed by atoms with van der Waals surface area (Å²) in [6, 6.07) is 14.3. The molecule has 0 unspecified atom stereocenters. The van der Waals surface area contributed by atoms with Crippen LogP contribution >= 0.6 is 11.3 Å². The average molecular weight is 486 g/mol. The van der Waals surface area contributed by atoms with Crippen molar-refractivity contribution in [3.63, 3.8) is 0 Å². The number of aromatic amines is 1. The molecule has 178 valence electrons. The standard InChI is InChI=1S/C28H28FN5S/c1-17-8-9-22(29)26-25(17)21(18(2)33-26)10-11-30-28-27-23(31-16-32-28)15-24(35-27)19-6-5-7-20(14-19)34-12-3-4-13-34/h5-9,14-16,33H,3-4,10-13H2,1-2H3,(H,30,31,32). The summed E-state index contributed by atoms with van der Waals surface area (Å²) in [4.78, 5) is 16.0. The Kier molecular flexibility index (Phi) is 5.65. The third kappa shape index (κ3) is 4.04. The van der Waals surface area contributed by atoms with E-state index in [4.69, 9.17) is 0 Å². The van der Waals surface area contributed by atoms with Gasteiger partial charge in [-0.25, -0.2) is 14.4 Å². The molecule has 0 spiro atoms. The molecule has 1 saturated heterocycles. The molecular formula is C28H28FN5S. The predicted molar refractivity (Wildman–Crippen MR) is 144 cm³/mol. The molecule has 0 aliphatic carbocycles. The minimum atomic E-state index is -0.203. The topological polar surface area (TPSA) is 56.8 Å². The van der Waals surface area contributed by atoms with E-state index in [1.54, 1.807) is 17.7 Å². The van der Waals surface area contributed by atoms with Gasteiger partial charge in [-0.2, -0.15) is 0 Å². The van der Waals surface area contributed by atoms with Crippen LogP contribution in [-0.2, 0) is 6.42 Å². The fourth-order valence-corrected chi connectivity index (χ4v) is 6.29. The number of halogens is 1. The van der Waals surface area contributed by atoms with Gasteiger partial charge in [0, 0.05) is 41.3 Å². The number of anilines is 2. The zero-order chi connectivity index (χ0) is 23.9. The summed E-state index contributed by atoms with van der Waals surface area (Å²) in [5.41, 5.74) is 7.32. The normalized spacial score (nSPS) is 13.9. The second kappa shape index (κ2) is 8.96. The largest absolute Gasteiger partial charge is 0.372 e. The van der Waals surface area contributed by atoms with E-state index >= 15 is 0 Å². The van der Waals surface area contributed by atoms with Crippen molar-refractivity contribution >= 4 is 44.0 Å². The molecule has 0 bridgehead atoms. The number of hydrogen-bond donors (Lipinski definition) is 2. The van der Waals surface area contributed by atoms with Crippen molar-refractivity contribution in [2.75, 3.05) is 29.9 Å². The van der Waals surface area contributed by atoms with Gasteiger partial charge >= 0.3 is 0 Å². The fourth-order valence-electron chi connectivity index (χ4n) is 5.22. The van der Waals surface area contributed by atoms with Crippen LogP contribution in [0.1, 0.15) is 29.7 Å². The van der Waals surface area contributed by atoms with Crippen molar-refractivity contribution in [2.45, 2.75) is 33.1 Å². The molecule has 3 aromatic heterocycles. The zero-order valence-electron chi connectivity index (χ0n) is 20.0. The molecule has 0 atom stereocenters. The van der Waals surface area contributed by atoms with Crippen LogP contribution < -0.4 is 10.2 Å². The third-order valence-corrected chi connectivity index (χ3v) is 8.19. The summed E-state index contributed by atoms with van der Waals surface area (Å²) < 4.78 is 15.4. The van der Waals surface area contributed by atoms with E-state index in [-0.39, 0.29) is 5.82 Å². The van der Waals surface area contributed by atoms with Crippen LogP contribution in [0, 0.1) is 19.7 Å².